The molecule has 4 rings (SSSR count). The Morgan fingerprint density at radius 3 is 1.77 bits per heavy atom. The molecule has 1 saturated heterocycles. The number of aliphatic carboxylic acids is 2. The van der Waals surface area contributed by atoms with Gasteiger partial charge in [-0.05, 0) is 76.2 Å². The molecule has 3 atom stereocenters. The van der Waals surface area contributed by atoms with Crippen molar-refractivity contribution in [1.82, 2.24) is 9.88 Å². The average molecular weight is 553 g/mol. The van der Waals surface area contributed by atoms with E-state index in [-0.39, 0.29) is 41.6 Å². The second-order valence-corrected chi connectivity index (χ2v) is 9.20. The van der Waals surface area contributed by atoms with Crippen LogP contribution < -0.4 is 0 Å². The van der Waals surface area contributed by atoms with Crippen LogP contribution in [-0.2, 0) is 19.1 Å². The lowest BCUT2D eigenvalue weighted by atomic mass is 10.1. The number of hydrogen-bond acceptors (Lipinski definition) is 8. The van der Waals surface area contributed by atoms with E-state index in [0.29, 0.717) is 5.56 Å². The van der Waals surface area contributed by atoms with Gasteiger partial charge in [0.15, 0.2) is 0 Å². The van der Waals surface area contributed by atoms with Crippen LogP contribution in [0.1, 0.15) is 61.8 Å². The molecule has 0 radical (unpaired) electrons. The van der Waals surface area contributed by atoms with Gasteiger partial charge in [0.25, 0.3) is 0 Å². The number of carbonyl (C=O) groups excluding carboxylic acids is 2. The fraction of sp³-hybridized carbons (Fsp3) is 0.300. The minimum absolute atomic E-state index is 0.0104. The van der Waals surface area contributed by atoms with E-state index in [0.717, 1.165) is 30.5 Å². The van der Waals surface area contributed by atoms with E-state index in [1.54, 1.807) is 38.1 Å². The number of aryl methyl sites for hydroxylation is 2. The van der Waals surface area contributed by atoms with Crippen molar-refractivity contribution in [2.45, 2.75) is 44.9 Å². The van der Waals surface area contributed by atoms with Crippen molar-refractivity contribution in [2.24, 2.45) is 0 Å². The summed E-state index contributed by atoms with van der Waals surface area (Å²) in [5.41, 5.74) is 2.29. The average Bonchev–Trinajstić information content (AvgIpc) is 3.39. The van der Waals surface area contributed by atoms with Gasteiger partial charge in [0.1, 0.15) is 0 Å². The molecule has 3 aromatic rings. The summed E-state index contributed by atoms with van der Waals surface area (Å²) < 4.78 is 40.2. The largest absolute Gasteiger partial charge is 0.478 e. The molecule has 0 aliphatic carbocycles. The van der Waals surface area contributed by atoms with Gasteiger partial charge in [0.2, 0.25) is 12.2 Å². The van der Waals surface area contributed by atoms with Crippen LogP contribution in [0.3, 0.4) is 0 Å². The Morgan fingerprint density at radius 1 is 0.900 bits per heavy atom. The summed E-state index contributed by atoms with van der Waals surface area (Å²) in [5, 5.41) is 18.6. The number of nitrogens with zero attached hydrogens (tertiary/aromatic N) is 2. The number of rotatable bonds is 8. The molecular formula is C30H32N2O8. The van der Waals surface area contributed by atoms with E-state index in [4.69, 9.17) is 15.0 Å². The molecule has 1 aliphatic heterocycles. The predicted molar refractivity (Wildman–Crippen MR) is 145 cm³/mol. The highest BCUT2D eigenvalue weighted by atomic mass is 16.6. The zero-order valence-corrected chi connectivity index (χ0v) is 22.2. The topological polar surface area (TPSA) is 143 Å². The molecule has 0 unspecified atom stereocenters. The number of carboxylic acid groups (broad SMARTS) is 2. The van der Waals surface area contributed by atoms with E-state index in [1.165, 1.54) is 24.3 Å². The van der Waals surface area contributed by atoms with Crippen LogP contribution >= 0.6 is 0 Å². The van der Waals surface area contributed by atoms with Crippen molar-refractivity contribution in [3.8, 4) is 0 Å². The standard InChI is InChI=1S/C20H18O8.C10H14N2/c1-11-3-7-13(8-4-11)19(25)27-15(17(21)22)16(18(23)24)28-20(26)14-9-5-12(2)6-10-14;1-12-7-3-5-10(12)9-4-2-6-11-8-9/h3-10,15-16H,1-2H3,(H,21,22)(H,23,24);2,4,6,8,10H,3,5,7H2,1H3/t15-,16-;10-/m00/s1/i;2D,4D,6D,8D. The van der Waals surface area contributed by atoms with Crippen molar-refractivity contribution in [1.29, 1.82) is 0 Å². The van der Waals surface area contributed by atoms with Crippen molar-refractivity contribution in [2.75, 3.05) is 13.6 Å². The van der Waals surface area contributed by atoms with Crippen molar-refractivity contribution in [3.63, 3.8) is 0 Å². The van der Waals surface area contributed by atoms with E-state index >= 15 is 0 Å². The Labute approximate surface area is 237 Å². The van der Waals surface area contributed by atoms with E-state index in [1.807, 2.05) is 7.05 Å². The first-order chi connectivity index (χ1) is 20.7. The molecule has 40 heavy (non-hydrogen) atoms. The minimum atomic E-state index is -2.22. The molecule has 0 amide bonds. The van der Waals surface area contributed by atoms with Crippen LogP contribution in [0.5, 0.6) is 0 Å². The van der Waals surface area contributed by atoms with Crippen LogP contribution in [-0.4, -0.2) is 69.8 Å². The molecule has 2 N–H and O–H groups in total. The zero-order chi connectivity index (χ0) is 32.7. The fourth-order valence-electron chi connectivity index (χ4n) is 3.90. The van der Waals surface area contributed by atoms with Crippen LogP contribution in [0.15, 0.2) is 73.0 Å². The number of carboxylic acids is 2. The molecule has 2 aromatic carbocycles. The number of ether oxygens (including phenoxy) is 2. The van der Waals surface area contributed by atoms with Gasteiger partial charge in [-0.25, -0.2) is 19.2 Å². The first kappa shape index (κ1) is 24.5. The molecule has 1 aromatic heterocycles. The van der Waals surface area contributed by atoms with Gasteiger partial charge in [-0.15, -0.1) is 0 Å². The van der Waals surface area contributed by atoms with Gasteiger partial charge in [-0.2, -0.15) is 0 Å². The molecule has 0 spiro atoms. The van der Waals surface area contributed by atoms with Gasteiger partial charge in [0.05, 0.1) is 16.6 Å². The van der Waals surface area contributed by atoms with Crippen molar-refractivity contribution in [3.05, 3.63) is 101 Å². The van der Waals surface area contributed by atoms with Crippen molar-refractivity contribution < 1.29 is 44.3 Å². The summed E-state index contributed by atoms with van der Waals surface area (Å²) in [7, 11) is 1.95. The second kappa shape index (κ2) is 14.0. The molecule has 1 aliphatic rings. The number of aromatic nitrogens is 1. The van der Waals surface area contributed by atoms with Gasteiger partial charge in [-0.3, -0.25) is 9.88 Å². The third kappa shape index (κ3) is 8.21. The van der Waals surface area contributed by atoms with Gasteiger partial charge in [0, 0.05) is 18.4 Å². The Hall–Kier alpha value is -4.57. The lowest BCUT2D eigenvalue weighted by Gasteiger charge is -2.21. The van der Waals surface area contributed by atoms with Crippen LogP contribution in [0, 0.1) is 13.8 Å². The SMILES string of the molecule is Cc1ccc(C(=O)O[C@H](C(=O)O)[C@H](OC(=O)c2ccc(C)cc2)C(=O)O)cc1.[2H]c1nc([2H])c([C@@H]2CCCN2C)c([2H])c1[2H]. The second-order valence-electron chi connectivity index (χ2n) is 9.20. The Bertz CT molecular complexity index is 1460. The molecule has 1 fully saturated rings. The maximum absolute atomic E-state index is 12.2. The van der Waals surface area contributed by atoms with Gasteiger partial charge in [-0.1, -0.05) is 41.4 Å². The number of likely N-dealkylation sites (tertiary alicyclic amines) is 1. The van der Waals surface area contributed by atoms with E-state index in [2.05, 4.69) is 9.88 Å². The summed E-state index contributed by atoms with van der Waals surface area (Å²) in [6.45, 7) is 4.53. The normalized spacial score (nSPS) is 17.5. The maximum Gasteiger partial charge on any atom is 0.349 e. The molecule has 10 nitrogen and oxygen atoms in total. The number of esters is 2. The number of benzene rings is 2. The molecular weight excluding hydrogens is 516 g/mol. The number of pyridine rings is 1. The van der Waals surface area contributed by atoms with Crippen LogP contribution in [0.2, 0.25) is 0 Å². The summed E-state index contributed by atoms with van der Waals surface area (Å²) in [5.74, 6) is -5.62. The number of carbonyl (C=O) groups is 4. The summed E-state index contributed by atoms with van der Waals surface area (Å²) in [6, 6.07) is 11.9. The smallest absolute Gasteiger partial charge is 0.349 e. The van der Waals surface area contributed by atoms with Crippen molar-refractivity contribution >= 4 is 23.9 Å². The molecule has 0 bridgehead atoms. The first-order valence-corrected chi connectivity index (χ1v) is 12.4. The van der Waals surface area contributed by atoms with Gasteiger partial charge >= 0.3 is 23.9 Å². The summed E-state index contributed by atoms with van der Waals surface area (Å²) in [4.78, 5) is 53.1. The first-order valence-electron chi connectivity index (χ1n) is 14.4. The Kier molecular flexibility index (Phi) is 8.56. The van der Waals surface area contributed by atoms with E-state index in [9.17, 15) is 29.4 Å². The van der Waals surface area contributed by atoms with Gasteiger partial charge < -0.3 is 19.7 Å². The lowest BCUT2D eigenvalue weighted by Crippen LogP contribution is -2.45. The molecule has 210 valence electrons. The lowest BCUT2D eigenvalue weighted by molar-refractivity contribution is -0.166. The highest BCUT2D eigenvalue weighted by Gasteiger charge is 2.41. The quantitative estimate of drug-likeness (QED) is 0.393. The summed E-state index contributed by atoms with van der Waals surface area (Å²) in [6.07, 6.45) is -2.81. The summed E-state index contributed by atoms with van der Waals surface area (Å²) >= 11 is 0. The zero-order valence-electron chi connectivity index (χ0n) is 26.2. The maximum atomic E-state index is 12.2. The minimum Gasteiger partial charge on any atom is -0.478 e. The predicted octanol–water partition coefficient (Wildman–Crippen LogP) is 4.07. The molecule has 0 saturated carbocycles. The van der Waals surface area contributed by atoms with Crippen LogP contribution in [0.4, 0.5) is 0 Å². The Morgan fingerprint density at radius 2 is 1.38 bits per heavy atom. The Balaban J connectivity index is 0.000000278. The molecule has 10 heteroatoms. The third-order valence-electron chi connectivity index (χ3n) is 6.14. The molecule has 2 heterocycles. The third-order valence-corrected chi connectivity index (χ3v) is 6.14. The highest BCUT2D eigenvalue weighted by molar-refractivity contribution is 5.95. The fourth-order valence-corrected chi connectivity index (χ4v) is 3.90. The van der Waals surface area contributed by atoms with E-state index < -0.39 is 36.1 Å². The monoisotopic (exact) mass is 552 g/mol. The highest BCUT2D eigenvalue weighted by Crippen LogP contribution is 2.29. The van der Waals surface area contributed by atoms with Crippen LogP contribution in [0.25, 0.3) is 0 Å². The number of hydrogen-bond donors (Lipinski definition) is 2.